The summed E-state index contributed by atoms with van der Waals surface area (Å²) in [5.74, 6) is 0.398. The van der Waals surface area contributed by atoms with Crippen LogP contribution in [0.4, 0.5) is 0 Å². The number of hydrogen-bond donors (Lipinski definition) is 0. The van der Waals surface area contributed by atoms with Gasteiger partial charge in [0.25, 0.3) is 5.91 Å². The maximum Gasteiger partial charge on any atom is 0.255 e. The molecular weight excluding hydrogens is 373 g/mol. The van der Waals surface area contributed by atoms with Crippen LogP contribution in [0.3, 0.4) is 0 Å². The Bertz CT molecular complexity index is 736. The largest absolute Gasteiger partial charge is 0.481 e. The fraction of sp³-hybridized carbons (Fsp3) is 0.368. The summed E-state index contributed by atoms with van der Waals surface area (Å²) in [5.41, 5.74) is 1.45. The van der Waals surface area contributed by atoms with E-state index in [1.165, 1.54) is 6.20 Å². The van der Waals surface area contributed by atoms with Gasteiger partial charge < -0.3 is 14.5 Å². The number of pyridine rings is 1. The molecule has 5 nitrogen and oxygen atoms in total. The highest BCUT2D eigenvalue weighted by molar-refractivity contribution is 6.42. The Balaban J connectivity index is 2.17. The van der Waals surface area contributed by atoms with Gasteiger partial charge in [-0.1, -0.05) is 29.3 Å². The Morgan fingerprint density at radius 2 is 1.88 bits per heavy atom. The van der Waals surface area contributed by atoms with Crippen LogP contribution < -0.4 is 4.74 Å². The number of hydrogen-bond acceptors (Lipinski definition) is 4. The van der Waals surface area contributed by atoms with E-state index in [1.807, 2.05) is 20.2 Å². The quantitative estimate of drug-likeness (QED) is 0.677. The third kappa shape index (κ3) is 5.87. The van der Waals surface area contributed by atoms with Gasteiger partial charge in [-0.15, -0.1) is 0 Å². The highest BCUT2D eigenvalue weighted by Crippen LogP contribution is 2.23. The molecule has 1 amide bonds. The summed E-state index contributed by atoms with van der Waals surface area (Å²) < 4.78 is 5.05. The lowest BCUT2D eigenvalue weighted by molar-refractivity contribution is 0.0737. The number of aromatic nitrogens is 1. The zero-order chi connectivity index (χ0) is 19.1. The molecule has 0 unspecified atom stereocenters. The Hall–Kier alpha value is -1.82. The molecule has 26 heavy (non-hydrogen) atoms. The van der Waals surface area contributed by atoms with Crippen LogP contribution in [0.15, 0.2) is 36.5 Å². The van der Waals surface area contributed by atoms with Gasteiger partial charge in [-0.2, -0.15) is 0 Å². The highest BCUT2D eigenvalue weighted by atomic mass is 35.5. The van der Waals surface area contributed by atoms with Crippen molar-refractivity contribution in [1.82, 2.24) is 14.8 Å². The molecule has 0 spiro atoms. The number of ether oxygens (including phenoxy) is 1. The van der Waals surface area contributed by atoms with Crippen molar-refractivity contribution in [3.8, 4) is 5.88 Å². The van der Waals surface area contributed by atoms with Gasteiger partial charge in [0.2, 0.25) is 5.88 Å². The van der Waals surface area contributed by atoms with Gasteiger partial charge in [0.05, 0.1) is 22.7 Å². The first-order valence-electron chi connectivity index (χ1n) is 8.28. The first-order valence-corrected chi connectivity index (χ1v) is 9.04. The number of amides is 1. The van der Waals surface area contributed by atoms with Crippen molar-refractivity contribution in [2.75, 3.05) is 34.3 Å². The van der Waals surface area contributed by atoms with Crippen molar-refractivity contribution in [1.29, 1.82) is 0 Å². The maximum atomic E-state index is 12.9. The van der Waals surface area contributed by atoms with Gasteiger partial charge in [-0.05, 0) is 50.8 Å². The third-order valence-electron chi connectivity index (χ3n) is 3.87. The van der Waals surface area contributed by atoms with Crippen LogP contribution in [-0.4, -0.2) is 55.0 Å². The zero-order valence-corrected chi connectivity index (χ0v) is 16.7. The lowest BCUT2D eigenvalue weighted by Crippen LogP contribution is -2.33. The van der Waals surface area contributed by atoms with Crippen LogP contribution in [0.2, 0.25) is 10.0 Å². The number of carbonyl (C=O) groups excluding carboxylic acids is 1. The van der Waals surface area contributed by atoms with Crippen molar-refractivity contribution in [3.63, 3.8) is 0 Å². The molecule has 0 saturated carbocycles. The Labute approximate surface area is 164 Å². The molecule has 0 fully saturated rings. The molecule has 1 aromatic heterocycles. The molecule has 0 N–H and O–H groups in total. The van der Waals surface area contributed by atoms with E-state index in [-0.39, 0.29) is 5.91 Å². The van der Waals surface area contributed by atoms with E-state index >= 15 is 0 Å². The lowest BCUT2D eigenvalue weighted by atomic mass is 10.1. The molecule has 1 heterocycles. The molecule has 2 aromatic rings. The summed E-state index contributed by atoms with van der Waals surface area (Å²) in [6, 6.07) is 8.83. The summed E-state index contributed by atoms with van der Waals surface area (Å²) >= 11 is 12.1. The number of rotatable bonds is 8. The summed E-state index contributed by atoms with van der Waals surface area (Å²) in [5, 5.41) is 0.983. The zero-order valence-electron chi connectivity index (χ0n) is 15.2. The number of nitrogens with zero attached hydrogens (tertiary/aromatic N) is 3. The van der Waals surface area contributed by atoms with Crippen molar-refractivity contribution in [2.45, 2.75) is 13.0 Å². The minimum atomic E-state index is -0.0787. The monoisotopic (exact) mass is 395 g/mol. The number of benzene rings is 1. The second-order valence-corrected chi connectivity index (χ2v) is 7.04. The Morgan fingerprint density at radius 1 is 1.12 bits per heavy atom. The number of carbonyl (C=O) groups is 1. The van der Waals surface area contributed by atoms with Crippen LogP contribution in [0.25, 0.3) is 0 Å². The van der Waals surface area contributed by atoms with Crippen LogP contribution >= 0.6 is 23.2 Å². The first kappa shape index (κ1) is 20.5. The summed E-state index contributed by atoms with van der Waals surface area (Å²) in [6.07, 6.45) is 2.40. The Morgan fingerprint density at radius 3 is 2.46 bits per heavy atom. The van der Waals surface area contributed by atoms with Gasteiger partial charge in [0.15, 0.2) is 0 Å². The molecule has 2 rings (SSSR count). The van der Waals surface area contributed by atoms with Crippen molar-refractivity contribution >= 4 is 29.1 Å². The second kappa shape index (κ2) is 9.76. The predicted molar refractivity (Wildman–Crippen MR) is 105 cm³/mol. The van der Waals surface area contributed by atoms with Crippen molar-refractivity contribution in [3.05, 3.63) is 57.7 Å². The molecule has 0 radical (unpaired) electrons. The number of halogens is 2. The van der Waals surface area contributed by atoms with E-state index in [1.54, 1.807) is 36.3 Å². The molecule has 0 aliphatic carbocycles. The molecule has 7 heteroatoms. The van der Waals surface area contributed by atoms with Crippen LogP contribution in [0.5, 0.6) is 5.88 Å². The maximum absolute atomic E-state index is 12.9. The van der Waals surface area contributed by atoms with Crippen LogP contribution in [0, 0.1) is 0 Å². The van der Waals surface area contributed by atoms with Gasteiger partial charge in [0, 0.05) is 25.4 Å². The fourth-order valence-corrected chi connectivity index (χ4v) is 2.82. The third-order valence-corrected chi connectivity index (χ3v) is 4.61. The highest BCUT2D eigenvalue weighted by Gasteiger charge is 2.17. The second-order valence-electron chi connectivity index (χ2n) is 6.22. The van der Waals surface area contributed by atoms with Crippen LogP contribution in [-0.2, 0) is 6.54 Å². The van der Waals surface area contributed by atoms with E-state index in [2.05, 4.69) is 9.88 Å². The van der Waals surface area contributed by atoms with Crippen molar-refractivity contribution < 1.29 is 9.53 Å². The van der Waals surface area contributed by atoms with E-state index < -0.39 is 0 Å². The molecule has 0 atom stereocenters. The molecule has 1 aromatic carbocycles. The van der Waals surface area contributed by atoms with E-state index in [4.69, 9.17) is 27.9 Å². The first-order chi connectivity index (χ1) is 12.4. The predicted octanol–water partition coefficient (Wildman–Crippen LogP) is 3.99. The van der Waals surface area contributed by atoms with Gasteiger partial charge in [-0.3, -0.25) is 4.79 Å². The minimum Gasteiger partial charge on any atom is -0.481 e. The summed E-state index contributed by atoms with van der Waals surface area (Å²) in [6.45, 7) is 1.98. The van der Waals surface area contributed by atoms with E-state index in [9.17, 15) is 4.79 Å². The van der Waals surface area contributed by atoms with E-state index in [0.29, 0.717) is 34.6 Å². The van der Waals surface area contributed by atoms with Crippen molar-refractivity contribution in [2.24, 2.45) is 0 Å². The lowest BCUT2D eigenvalue weighted by Gasteiger charge is -2.24. The topological polar surface area (TPSA) is 45.7 Å². The summed E-state index contributed by atoms with van der Waals surface area (Å²) in [7, 11) is 5.57. The average Bonchev–Trinajstić information content (AvgIpc) is 2.63. The van der Waals surface area contributed by atoms with Gasteiger partial charge in [0.1, 0.15) is 0 Å². The molecule has 0 aliphatic heterocycles. The van der Waals surface area contributed by atoms with E-state index in [0.717, 1.165) is 18.5 Å². The summed E-state index contributed by atoms with van der Waals surface area (Å²) in [4.78, 5) is 21.0. The average molecular weight is 396 g/mol. The molecular formula is C19H23Cl2N3O2. The SMILES string of the molecule is COc1ccc(C(=O)N(CCCN(C)C)Cc2ccc(Cl)c(Cl)c2)cn1. The molecule has 0 bridgehead atoms. The number of methoxy groups -OCH3 is 1. The molecule has 140 valence electrons. The normalized spacial score (nSPS) is 10.8. The smallest absolute Gasteiger partial charge is 0.255 e. The Kier molecular flexibility index (Phi) is 7.69. The fourth-order valence-electron chi connectivity index (χ4n) is 2.50. The van der Waals surface area contributed by atoms with Crippen LogP contribution in [0.1, 0.15) is 22.3 Å². The van der Waals surface area contributed by atoms with Gasteiger partial charge in [-0.25, -0.2) is 4.98 Å². The standard InChI is InChI=1S/C19H23Cl2N3O2/c1-23(2)9-4-10-24(13-14-5-7-16(20)17(21)11-14)19(25)15-6-8-18(26-3)22-12-15/h5-8,11-12H,4,9-10,13H2,1-3H3. The minimum absolute atomic E-state index is 0.0787. The molecule has 0 aliphatic rings. The molecule has 0 saturated heterocycles. The van der Waals surface area contributed by atoms with Gasteiger partial charge >= 0.3 is 0 Å².